The van der Waals surface area contributed by atoms with Crippen LogP contribution in [0.3, 0.4) is 0 Å². The van der Waals surface area contributed by atoms with Crippen molar-refractivity contribution in [1.82, 2.24) is 13.8 Å². The highest BCUT2D eigenvalue weighted by Gasteiger charge is 2.31. The van der Waals surface area contributed by atoms with Gasteiger partial charge in [-0.15, -0.1) is 0 Å². The predicted octanol–water partition coefficient (Wildman–Crippen LogP) is 0.0101. The summed E-state index contributed by atoms with van der Waals surface area (Å²) in [6.45, 7) is 1.86. The van der Waals surface area contributed by atoms with E-state index in [9.17, 15) is 18.0 Å². The maximum absolute atomic E-state index is 12.8. The van der Waals surface area contributed by atoms with Crippen LogP contribution in [0, 0.1) is 0 Å². The standard InChI is InChI=1S/C17H22N4O6S/c1-19-10-12(9-14(19)16(18)22)28(24,25)21-6-4-20(5-7-21)11-15-13(3-8-27-15)17(23)26-2/h3,8-10H,4-7,11H2,1-2H3,(H2,18,22). The summed E-state index contributed by atoms with van der Waals surface area (Å²) in [5.74, 6) is -0.676. The molecule has 2 N–H and O–H groups in total. The van der Waals surface area contributed by atoms with E-state index in [4.69, 9.17) is 14.9 Å². The number of nitrogens with zero attached hydrogens (tertiary/aromatic N) is 3. The van der Waals surface area contributed by atoms with Gasteiger partial charge in [-0.3, -0.25) is 9.69 Å². The minimum atomic E-state index is -3.73. The maximum Gasteiger partial charge on any atom is 0.341 e. The number of carbonyl (C=O) groups excluding carboxylic acids is 2. The molecule has 1 aliphatic rings. The third-order valence-electron chi connectivity index (χ3n) is 4.72. The van der Waals surface area contributed by atoms with Crippen LogP contribution in [0.15, 0.2) is 33.9 Å². The highest BCUT2D eigenvalue weighted by atomic mass is 32.2. The average Bonchev–Trinajstić information content (AvgIpc) is 3.28. The molecule has 0 spiro atoms. The maximum atomic E-state index is 12.8. The van der Waals surface area contributed by atoms with Gasteiger partial charge in [0.05, 0.1) is 19.9 Å². The lowest BCUT2D eigenvalue weighted by Crippen LogP contribution is -2.48. The molecule has 11 heteroatoms. The number of rotatable bonds is 6. The zero-order valence-corrected chi connectivity index (χ0v) is 16.4. The summed E-state index contributed by atoms with van der Waals surface area (Å²) in [4.78, 5) is 25.1. The number of piperazine rings is 1. The smallest absolute Gasteiger partial charge is 0.341 e. The molecule has 0 aromatic carbocycles. The Morgan fingerprint density at radius 2 is 1.93 bits per heavy atom. The van der Waals surface area contributed by atoms with Crippen LogP contribution in [-0.2, 0) is 28.4 Å². The molecule has 3 rings (SSSR count). The molecule has 2 aromatic heterocycles. The molecule has 152 valence electrons. The topological polar surface area (TPSA) is 128 Å². The SMILES string of the molecule is COC(=O)c1ccoc1CN1CCN(S(=O)(=O)c2cc(C(N)=O)n(C)c2)CC1. The highest BCUT2D eigenvalue weighted by Crippen LogP contribution is 2.21. The second-order valence-electron chi connectivity index (χ2n) is 6.47. The zero-order valence-electron chi connectivity index (χ0n) is 15.6. The fraction of sp³-hybridized carbons (Fsp3) is 0.412. The monoisotopic (exact) mass is 410 g/mol. The summed E-state index contributed by atoms with van der Waals surface area (Å²) in [5, 5.41) is 0. The van der Waals surface area contributed by atoms with Crippen LogP contribution in [0.25, 0.3) is 0 Å². The second kappa shape index (κ2) is 7.78. The number of hydrogen-bond donors (Lipinski definition) is 1. The van der Waals surface area contributed by atoms with E-state index in [-0.39, 0.29) is 23.7 Å². The van der Waals surface area contributed by atoms with Gasteiger partial charge in [-0.25, -0.2) is 13.2 Å². The Kier molecular flexibility index (Phi) is 5.59. The molecule has 0 saturated carbocycles. The van der Waals surface area contributed by atoms with Gasteiger partial charge in [0.2, 0.25) is 10.0 Å². The first-order valence-corrected chi connectivity index (χ1v) is 10.0. The number of methoxy groups -OCH3 is 1. The van der Waals surface area contributed by atoms with Gasteiger partial charge in [-0.2, -0.15) is 4.31 Å². The first-order valence-electron chi connectivity index (χ1n) is 8.57. The normalized spacial score (nSPS) is 16.2. The van der Waals surface area contributed by atoms with Crippen molar-refractivity contribution in [2.75, 3.05) is 33.3 Å². The number of ether oxygens (including phenoxy) is 1. The number of amides is 1. The van der Waals surface area contributed by atoms with Crippen LogP contribution in [-0.4, -0.2) is 67.4 Å². The highest BCUT2D eigenvalue weighted by molar-refractivity contribution is 7.89. The number of carbonyl (C=O) groups is 2. The number of aromatic nitrogens is 1. The minimum absolute atomic E-state index is 0.0382. The molecule has 2 aromatic rings. The van der Waals surface area contributed by atoms with Gasteiger partial charge in [0.25, 0.3) is 5.91 Å². The van der Waals surface area contributed by atoms with Crippen LogP contribution in [0.5, 0.6) is 0 Å². The molecular weight excluding hydrogens is 388 g/mol. The third-order valence-corrected chi connectivity index (χ3v) is 6.58. The Morgan fingerprint density at radius 3 is 2.50 bits per heavy atom. The van der Waals surface area contributed by atoms with Crippen LogP contribution in [0.2, 0.25) is 0 Å². The Bertz CT molecular complexity index is 985. The van der Waals surface area contributed by atoms with E-state index in [1.807, 2.05) is 4.90 Å². The van der Waals surface area contributed by atoms with Crippen LogP contribution in [0.4, 0.5) is 0 Å². The van der Waals surface area contributed by atoms with Gasteiger partial charge in [0.15, 0.2) is 0 Å². The lowest BCUT2D eigenvalue weighted by molar-refractivity contribution is 0.0595. The minimum Gasteiger partial charge on any atom is -0.467 e. The second-order valence-corrected chi connectivity index (χ2v) is 8.40. The number of furan rings is 1. The van der Waals surface area contributed by atoms with E-state index >= 15 is 0 Å². The fourth-order valence-electron chi connectivity index (χ4n) is 3.16. The van der Waals surface area contributed by atoms with E-state index < -0.39 is 21.9 Å². The van der Waals surface area contributed by atoms with E-state index in [0.29, 0.717) is 31.0 Å². The Balaban J connectivity index is 1.67. The van der Waals surface area contributed by atoms with E-state index in [1.165, 1.54) is 34.5 Å². The summed E-state index contributed by atoms with van der Waals surface area (Å²) < 4.78 is 38.5. The summed E-state index contributed by atoms with van der Waals surface area (Å²) >= 11 is 0. The quantitative estimate of drug-likeness (QED) is 0.664. The third kappa shape index (κ3) is 3.81. The van der Waals surface area contributed by atoms with Gasteiger partial charge in [0.1, 0.15) is 21.9 Å². The van der Waals surface area contributed by atoms with E-state index in [2.05, 4.69) is 0 Å². The zero-order chi connectivity index (χ0) is 20.5. The Morgan fingerprint density at radius 1 is 1.25 bits per heavy atom. The van der Waals surface area contributed by atoms with Crippen molar-refractivity contribution < 1.29 is 27.2 Å². The molecule has 0 atom stereocenters. The summed E-state index contributed by atoms with van der Waals surface area (Å²) in [6, 6.07) is 2.84. The average molecular weight is 410 g/mol. The van der Waals surface area contributed by atoms with Crippen molar-refractivity contribution >= 4 is 21.9 Å². The number of esters is 1. The largest absolute Gasteiger partial charge is 0.467 e. The van der Waals surface area contributed by atoms with Gasteiger partial charge < -0.3 is 19.5 Å². The van der Waals surface area contributed by atoms with Crippen molar-refractivity contribution in [3.8, 4) is 0 Å². The lowest BCUT2D eigenvalue weighted by Gasteiger charge is -2.33. The lowest BCUT2D eigenvalue weighted by atomic mass is 10.2. The number of nitrogens with two attached hydrogens (primary N) is 1. The number of aryl methyl sites for hydroxylation is 1. The molecule has 1 saturated heterocycles. The van der Waals surface area contributed by atoms with Crippen molar-refractivity contribution in [3.05, 3.63) is 41.6 Å². The first kappa shape index (κ1) is 20.1. The van der Waals surface area contributed by atoms with Crippen molar-refractivity contribution in [3.63, 3.8) is 0 Å². The van der Waals surface area contributed by atoms with Crippen LogP contribution < -0.4 is 5.73 Å². The Labute approximate surface area is 162 Å². The van der Waals surface area contributed by atoms with Crippen LogP contribution in [0.1, 0.15) is 26.6 Å². The molecule has 0 aliphatic carbocycles. The van der Waals surface area contributed by atoms with Gasteiger partial charge in [-0.1, -0.05) is 0 Å². The first-order chi connectivity index (χ1) is 13.2. The Hall–Kier alpha value is -2.63. The van der Waals surface area contributed by atoms with Gasteiger partial charge in [0, 0.05) is 39.4 Å². The molecule has 1 aliphatic heterocycles. The van der Waals surface area contributed by atoms with E-state index in [1.54, 1.807) is 13.1 Å². The molecule has 1 fully saturated rings. The summed E-state index contributed by atoms with van der Waals surface area (Å²) in [6.07, 6.45) is 2.81. The fourth-order valence-corrected chi connectivity index (χ4v) is 4.65. The molecule has 0 radical (unpaired) electrons. The molecule has 10 nitrogen and oxygen atoms in total. The van der Waals surface area contributed by atoms with Crippen LogP contribution >= 0.6 is 0 Å². The molecule has 0 bridgehead atoms. The number of sulfonamides is 1. The molecule has 1 amide bonds. The molecule has 28 heavy (non-hydrogen) atoms. The van der Waals surface area contributed by atoms with Gasteiger partial charge in [-0.05, 0) is 12.1 Å². The van der Waals surface area contributed by atoms with E-state index in [0.717, 1.165) is 0 Å². The number of hydrogen-bond acceptors (Lipinski definition) is 7. The van der Waals surface area contributed by atoms with Crippen molar-refractivity contribution in [2.45, 2.75) is 11.4 Å². The van der Waals surface area contributed by atoms with Gasteiger partial charge >= 0.3 is 5.97 Å². The number of primary amides is 1. The van der Waals surface area contributed by atoms with Crippen molar-refractivity contribution in [1.29, 1.82) is 0 Å². The summed E-state index contributed by atoms with van der Waals surface area (Å²) in [5.41, 5.74) is 5.75. The predicted molar refractivity (Wildman–Crippen MR) is 98.0 cm³/mol. The van der Waals surface area contributed by atoms with Crippen molar-refractivity contribution in [2.24, 2.45) is 12.8 Å². The molecule has 0 unspecified atom stereocenters. The summed E-state index contributed by atoms with van der Waals surface area (Å²) in [7, 11) is -0.857. The molecular formula is C17H22N4O6S. The molecule has 3 heterocycles.